The summed E-state index contributed by atoms with van der Waals surface area (Å²) in [6.45, 7) is 7.39. The first-order chi connectivity index (χ1) is 14.7. The van der Waals surface area contributed by atoms with Gasteiger partial charge in [0.05, 0.1) is 17.6 Å². The molecule has 0 N–H and O–H groups in total. The van der Waals surface area contributed by atoms with Crippen LogP contribution in [-0.4, -0.2) is 11.2 Å². The lowest BCUT2D eigenvalue weighted by Crippen LogP contribution is -1.98. The van der Waals surface area contributed by atoms with Crippen LogP contribution in [0.2, 0.25) is 0 Å². The highest BCUT2D eigenvalue weighted by molar-refractivity contribution is 6.09. The average Bonchev–Trinajstić information content (AvgIpc) is 3.06. The lowest BCUT2D eigenvalue weighted by atomic mass is 10.1. The van der Waals surface area contributed by atoms with Gasteiger partial charge in [0.25, 0.3) is 0 Å². The highest BCUT2D eigenvalue weighted by Crippen LogP contribution is 2.33. The molecule has 0 bridgehead atoms. The summed E-state index contributed by atoms with van der Waals surface area (Å²) < 4.78 is 8.34. The number of nitrogens with zero attached hydrogens (tertiary/aromatic N) is 1. The minimum Gasteiger partial charge on any atom is -0.494 e. The van der Waals surface area contributed by atoms with Gasteiger partial charge in [-0.05, 0) is 68.8 Å². The largest absolute Gasteiger partial charge is 0.494 e. The summed E-state index contributed by atoms with van der Waals surface area (Å²) in [4.78, 5) is 0. The predicted molar refractivity (Wildman–Crippen MR) is 129 cm³/mol. The molecule has 0 aliphatic heterocycles. The first kappa shape index (κ1) is 20.5. The second kappa shape index (κ2) is 9.38. The highest BCUT2D eigenvalue weighted by Gasteiger charge is 2.12. The Bertz CT molecular complexity index is 1060. The fraction of sp³-hybridized carbons (Fsp3) is 0.357. The van der Waals surface area contributed by atoms with Crippen LogP contribution in [0.25, 0.3) is 27.5 Å². The molecule has 1 aromatic heterocycles. The molecule has 0 amide bonds. The van der Waals surface area contributed by atoms with Gasteiger partial charge in [-0.2, -0.15) is 0 Å². The van der Waals surface area contributed by atoms with E-state index in [0.717, 1.165) is 18.8 Å². The molecule has 0 radical (unpaired) electrons. The van der Waals surface area contributed by atoms with Crippen LogP contribution in [0.4, 0.5) is 0 Å². The van der Waals surface area contributed by atoms with Crippen LogP contribution in [0.5, 0.6) is 5.75 Å². The van der Waals surface area contributed by atoms with Crippen LogP contribution in [0.15, 0.2) is 60.7 Å². The van der Waals surface area contributed by atoms with Gasteiger partial charge in [0.1, 0.15) is 5.75 Å². The van der Waals surface area contributed by atoms with E-state index in [1.54, 1.807) is 0 Å². The van der Waals surface area contributed by atoms with Crippen molar-refractivity contribution in [3.8, 4) is 11.4 Å². The van der Waals surface area contributed by atoms with Crippen molar-refractivity contribution in [1.82, 2.24) is 4.57 Å². The molecule has 1 heterocycles. The van der Waals surface area contributed by atoms with E-state index in [9.17, 15) is 0 Å². The second-order valence-electron chi connectivity index (χ2n) is 8.49. The molecule has 156 valence electrons. The summed E-state index contributed by atoms with van der Waals surface area (Å²) in [6, 6.07) is 22.0. The topological polar surface area (TPSA) is 14.2 Å². The number of hydrogen-bond donors (Lipinski definition) is 0. The van der Waals surface area contributed by atoms with Crippen molar-refractivity contribution in [3.05, 3.63) is 71.8 Å². The van der Waals surface area contributed by atoms with Crippen LogP contribution in [0.3, 0.4) is 0 Å². The van der Waals surface area contributed by atoms with E-state index < -0.39 is 0 Å². The zero-order chi connectivity index (χ0) is 20.9. The van der Waals surface area contributed by atoms with Crippen LogP contribution in [0, 0.1) is 13.8 Å². The van der Waals surface area contributed by atoms with Crippen LogP contribution in [-0.2, 0) is 0 Å². The van der Waals surface area contributed by atoms with Crippen molar-refractivity contribution in [2.75, 3.05) is 6.61 Å². The molecule has 2 heteroatoms. The Morgan fingerprint density at radius 1 is 0.667 bits per heavy atom. The summed E-state index contributed by atoms with van der Waals surface area (Å²) >= 11 is 0. The highest BCUT2D eigenvalue weighted by atomic mass is 16.5. The minimum atomic E-state index is 0.805. The summed E-state index contributed by atoms with van der Waals surface area (Å²) in [5.74, 6) is 0.958. The molecule has 0 fully saturated rings. The molecule has 0 saturated heterocycles. The van der Waals surface area contributed by atoms with Crippen molar-refractivity contribution >= 4 is 21.8 Å². The van der Waals surface area contributed by atoms with Gasteiger partial charge in [-0.3, -0.25) is 0 Å². The maximum Gasteiger partial charge on any atom is 0.119 e. The molecule has 0 aliphatic rings. The van der Waals surface area contributed by atoms with Gasteiger partial charge in [0, 0.05) is 16.5 Å². The van der Waals surface area contributed by atoms with Crippen molar-refractivity contribution in [3.63, 3.8) is 0 Å². The number of benzene rings is 3. The van der Waals surface area contributed by atoms with E-state index in [2.05, 4.69) is 86.0 Å². The number of hydrogen-bond acceptors (Lipinski definition) is 1. The van der Waals surface area contributed by atoms with E-state index in [1.807, 2.05) is 0 Å². The third kappa shape index (κ3) is 4.38. The molecule has 0 spiro atoms. The molecule has 0 saturated carbocycles. The summed E-state index contributed by atoms with van der Waals surface area (Å²) in [5, 5.41) is 2.63. The summed E-state index contributed by atoms with van der Waals surface area (Å²) in [5.41, 5.74) is 6.27. The molecule has 4 rings (SSSR count). The average molecular weight is 400 g/mol. The Labute approximate surface area is 180 Å². The van der Waals surface area contributed by atoms with Gasteiger partial charge in [0.15, 0.2) is 0 Å². The first-order valence-corrected chi connectivity index (χ1v) is 11.4. The number of ether oxygens (including phenoxy) is 1. The zero-order valence-electron chi connectivity index (χ0n) is 18.6. The molecule has 4 aromatic rings. The van der Waals surface area contributed by atoms with Crippen molar-refractivity contribution in [2.45, 2.75) is 59.3 Å². The van der Waals surface area contributed by atoms with Crippen molar-refractivity contribution in [1.29, 1.82) is 0 Å². The van der Waals surface area contributed by atoms with Crippen LogP contribution < -0.4 is 4.74 Å². The van der Waals surface area contributed by atoms with Crippen LogP contribution in [0.1, 0.15) is 56.6 Å². The number of rotatable bonds is 9. The number of unbranched alkanes of at least 4 members (excludes halogenated alkanes) is 5. The molecular weight excluding hydrogens is 366 g/mol. The van der Waals surface area contributed by atoms with E-state index in [0.29, 0.717) is 0 Å². The molecular formula is C28H33NO. The van der Waals surface area contributed by atoms with Gasteiger partial charge in [-0.25, -0.2) is 0 Å². The normalized spacial score (nSPS) is 11.4. The smallest absolute Gasteiger partial charge is 0.119 e. The third-order valence-electron chi connectivity index (χ3n) is 5.94. The fourth-order valence-corrected chi connectivity index (χ4v) is 4.29. The van der Waals surface area contributed by atoms with E-state index >= 15 is 0 Å². The van der Waals surface area contributed by atoms with E-state index in [1.165, 1.54) is 70.7 Å². The predicted octanol–water partition coefficient (Wildman–Crippen LogP) is 8.14. The maximum atomic E-state index is 5.98. The lowest BCUT2D eigenvalue weighted by molar-refractivity contribution is 0.304. The van der Waals surface area contributed by atoms with Gasteiger partial charge in [-0.1, -0.05) is 62.3 Å². The van der Waals surface area contributed by atoms with Crippen molar-refractivity contribution in [2.24, 2.45) is 0 Å². The van der Waals surface area contributed by atoms with Gasteiger partial charge >= 0.3 is 0 Å². The number of aryl methyl sites for hydroxylation is 2. The van der Waals surface area contributed by atoms with Gasteiger partial charge in [0.2, 0.25) is 0 Å². The van der Waals surface area contributed by atoms with Crippen molar-refractivity contribution < 1.29 is 4.74 Å². The SMILES string of the molecule is CCCCCCCCOc1ccc(-n2c3ccc(C)cc3c3cc(C)ccc32)cc1. The molecule has 3 aromatic carbocycles. The fourth-order valence-electron chi connectivity index (χ4n) is 4.29. The van der Waals surface area contributed by atoms with E-state index in [-0.39, 0.29) is 0 Å². The first-order valence-electron chi connectivity index (χ1n) is 11.4. The molecule has 0 aliphatic carbocycles. The van der Waals surface area contributed by atoms with Crippen LogP contribution >= 0.6 is 0 Å². The van der Waals surface area contributed by atoms with E-state index in [4.69, 9.17) is 4.74 Å². The minimum absolute atomic E-state index is 0.805. The summed E-state index contributed by atoms with van der Waals surface area (Å²) in [7, 11) is 0. The van der Waals surface area contributed by atoms with Gasteiger partial charge in [-0.15, -0.1) is 0 Å². The number of fused-ring (bicyclic) bond motifs is 3. The van der Waals surface area contributed by atoms with Gasteiger partial charge < -0.3 is 9.30 Å². The Hall–Kier alpha value is -2.74. The number of aromatic nitrogens is 1. The monoisotopic (exact) mass is 399 g/mol. The Morgan fingerprint density at radius 3 is 1.83 bits per heavy atom. The Kier molecular flexibility index (Phi) is 6.42. The summed E-state index contributed by atoms with van der Waals surface area (Å²) in [6.07, 6.45) is 7.72. The maximum absolute atomic E-state index is 5.98. The Morgan fingerprint density at radius 2 is 1.23 bits per heavy atom. The Balaban J connectivity index is 1.54. The molecule has 0 atom stereocenters. The standard InChI is InChI=1S/C28H33NO/c1-4-5-6-7-8-9-18-30-24-14-12-23(13-15-24)29-27-16-10-21(2)19-25(27)26-20-22(3)11-17-28(26)29/h10-17,19-20H,4-9,18H2,1-3H3. The lowest BCUT2D eigenvalue weighted by Gasteiger charge is -2.10. The zero-order valence-corrected chi connectivity index (χ0v) is 18.6. The second-order valence-corrected chi connectivity index (χ2v) is 8.49. The quantitative estimate of drug-likeness (QED) is 0.259. The molecule has 0 unspecified atom stereocenters. The third-order valence-corrected chi connectivity index (χ3v) is 5.94. The molecule has 2 nitrogen and oxygen atoms in total. The molecule has 30 heavy (non-hydrogen) atoms.